The molecule has 4 heterocycles. The van der Waals surface area contributed by atoms with Crippen molar-refractivity contribution in [1.29, 1.82) is 0 Å². The SMILES string of the molecule is CCSc1cc(-n2cncn2)cnc1-c1ccn2nc(C(F)(F)F)cc2n1. The molecule has 0 saturated heterocycles. The Bertz CT molecular complexity index is 1090. The highest BCUT2D eigenvalue weighted by Crippen LogP contribution is 2.32. The molecule has 0 spiro atoms. The van der Waals surface area contributed by atoms with E-state index >= 15 is 0 Å². The molecule has 11 heteroatoms. The summed E-state index contributed by atoms with van der Waals surface area (Å²) < 4.78 is 41.3. The Balaban J connectivity index is 1.79. The predicted octanol–water partition coefficient (Wildman–Crippen LogP) is 3.50. The molecule has 0 aliphatic heterocycles. The van der Waals surface area contributed by atoms with E-state index in [0.29, 0.717) is 11.4 Å². The topological polar surface area (TPSA) is 73.8 Å². The van der Waals surface area contributed by atoms with Crippen molar-refractivity contribution in [1.82, 2.24) is 34.3 Å². The van der Waals surface area contributed by atoms with Gasteiger partial charge in [-0.3, -0.25) is 4.98 Å². The smallest absolute Gasteiger partial charge is 0.251 e. The minimum Gasteiger partial charge on any atom is -0.251 e. The normalized spacial score (nSPS) is 12.0. The van der Waals surface area contributed by atoms with Crippen LogP contribution < -0.4 is 0 Å². The van der Waals surface area contributed by atoms with Gasteiger partial charge in [0.15, 0.2) is 11.3 Å². The van der Waals surface area contributed by atoms with Crippen molar-refractivity contribution in [3.63, 3.8) is 0 Å². The molecule has 0 amide bonds. The van der Waals surface area contributed by atoms with Crippen molar-refractivity contribution in [2.75, 3.05) is 5.75 Å². The van der Waals surface area contributed by atoms with Crippen molar-refractivity contribution in [2.45, 2.75) is 18.0 Å². The number of hydrogen-bond acceptors (Lipinski definition) is 6. The van der Waals surface area contributed by atoms with Gasteiger partial charge in [-0.25, -0.2) is 19.2 Å². The van der Waals surface area contributed by atoms with E-state index in [1.165, 1.54) is 12.5 Å². The number of thioether (sulfide) groups is 1. The summed E-state index contributed by atoms with van der Waals surface area (Å²) in [6.45, 7) is 2.00. The third-order valence-electron chi connectivity index (χ3n) is 3.68. The third-order valence-corrected chi connectivity index (χ3v) is 4.59. The van der Waals surface area contributed by atoms with Crippen molar-refractivity contribution in [3.05, 3.63) is 48.9 Å². The highest BCUT2D eigenvalue weighted by atomic mass is 32.2. The summed E-state index contributed by atoms with van der Waals surface area (Å²) in [6, 6.07) is 4.41. The molecule has 0 aliphatic carbocycles. The molecule has 0 aliphatic rings. The van der Waals surface area contributed by atoms with Gasteiger partial charge in [-0.15, -0.1) is 11.8 Å². The van der Waals surface area contributed by atoms with Crippen LogP contribution in [0, 0.1) is 0 Å². The predicted molar refractivity (Wildman–Crippen MR) is 92.5 cm³/mol. The Labute approximate surface area is 155 Å². The molecule has 0 fully saturated rings. The second-order valence-corrected chi connectivity index (χ2v) is 6.76. The first-order chi connectivity index (χ1) is 13.0. The molecule has 0 N–H and O–H groups in total. The molecule has 0 aromatic carbocycles. The summed E-state index contributed by atoms with van der Waals surface area (Å²) in [6.07, 6.45) is 1.53. The lowest BCUT2D eigenvalue weighted by Crippen LogP contribution is -2.05. The Morgan fingerprint density at radius 3 is 2.78 bits per heavy atom. The molecule has 27 heavy (non-hydrogen) atoms. The van der Waals surface area contributed by atoms with Gasteiger partial charge >= 0.3 is 6.18 Å². The summed E-state index contributed by atoms with van der Waals surface area (Å²) in [5, 5.41) is 7.59. The Morgan fingerprint density at radius 2 is 2.07 bits per heavy atom. The molecule has 0 atom stereocenters. The molecule has 4 rings (SSSR count). The van der Waals surface area contributed by atoms with E-state index < -0.39 is 11.9 Å². The fourth-order valence-corrected chi connectivity index (χ4v) is 3.32. The van der Waals surface area contributed by atoms with Crippen LogP contribution in [0.1, 0.15) is 12.6 Å². The van der Waals surface area contributed by atoms with Crippen molar-refractivity contribution in [3.8, 4) is 17.1 Å². The summed E-state index contributed by atoms with van der Waals surface area (Å²) in [5.41, 5.74) is 0.913. The molecule has 0 saturated carbocycles. The van der Waals surface area contributed by atoms with Crippen LogP contribution in [0.15, 0.2) is 48.1 Å². The summed E-state index contributed by atoms with van der Waals surface area (Å²) in [4.78, 5) is 13.5. The van der Waals surface area contributed by atoms with Crippen LogP contribution in [0.4, 0.5) is 13.2 Å². The molecule has 0 unspecified atom stereocenters. The average molecular weight is 391 g/mol. The Hall–Kier alpha value is -2.95. The van der Waals surface area contributed by atoms with Crippen molar-refractivity contribution < 1.29 is 13.2 Å². The van der Waals surface area contributed by atoms with Crippen molar-refractivity contribution in [2.24, 2.45) is 0 Å². The number of alkyl halides is 3. The maximum absolute atomic E-state index is 12.9. The maximum Gasteiger partial charge on any atom is 0.435 e. The number of aromatic nitrogens is 7. The molecule has 0 radical (unpaired) electrons. The van der Waals surface area contributed by atoms with E-state index in [-0.39, 0.29) is 5.65 Å². The second-order valence-electron chi connectivity index (χ2n) is 5.46. The summed E-state index contributed by atoms with van der Waals surface area (Å²) >= 11 is 1.56. The van der Waals surface area contributed by atoms with Gasteiger partial charge in [-0.2, -0.15) is 23.4 Å². The zero-order valence-electron chi connectivity index (χ0n) is 13.9. The highest BCUT2D eigenvalue weighted by molar-refractivity contribution is 7.99. The van der Waals surface area contributed by atoms with E-state index in [4.69, 9.17) is 0 Å². The minimum atomic E-state index is -4.52. The fourth-order valence-electron chi connectivity index (χ4n) is 2.51. The van der Waals surface area contributed by atoms with E-state index in [9.17, 15) is 13.2 Å². The first-order valence-electron chi connectivity index (χ1n) is 7.87. The summed E-state index contributed by atoms with van der Waals surface area (Å²) in [5.74, 6) is 0.794. The first kappa shape index (κ1) is 17.5. The van der Waals surface area contributed by atoms with E-state index in [1.54, 1.807) is 35.0 Å². The number of fused-ring (bicyclic) bond motifs is 1. The van der Waals surface area contributed by atoms with Crippen molar-refractivity contribution >= 4 is 17.4 Å². The van der Waals surface area contributed by atoms with Gasteiger partial charge in [0.1, 0.15) is 18.3 Å². The molecule has 4 aromatic rings. The highest BCUT2D eigenvalue weighted by Gasteiger charge is 2.34. The third kappa shape index (κ3) is 3.37. The fraction of sp³-hybridized carbons (Fsp3) is 0.188. The number of halogens is 3. The first-order valence-corrected chi connectivity index (χ1v) is 8.86. The van der Waals surface area contributed by atoms with Gasteiger partial charge in [0.2, 0.25) is 0 Å². The summed E-state index contributed by atoms with van der Waals surface area (Å²) in [7, 11) is 0. The molecule has 4 aromatic heterocycles. The van der Waals surface area contributed by atoms with Crippen LogP contribution >= 0.6 is 11.8 Å². The van der Waals surface area contributed by atoms with E-state index in [0.717, 1.165) is 26.9 Å². The second kappa shape index (κ2) is 6.65. The standard InChI is InChI=1S/C16H12F3N7S/c1-2-27-12-5-10(26-9-20-8-22-26)7-21-15(12)11-3-4-25-14(23-11)6-13(24-25)16(17,18)19/h3-9H,2H2,1H3. The van der Waals surface area contributed by atoms with Gasteiger partial charge in [0.25, 0.3) is 0 Å². The van der Waals surface area contributed by atoms with Crippen LogP contribution in [-0.4, -0.2) is 40.1 Å². The molecular formula is C16H12F3N7S. The number of pyridine rings is 1. The lowest BCUT2D eigenvalue weighted by molar-refractivity contribution is -0.141. The lowest BCUT2D eigenvalue weighted by Gasteiger charge is -2.09. The maximum atomic E-state index is 12.9. The zero-order valence-corrected chi connectivity index (χ0v) is 14.7. The van der Waals surface area contributed by atoms with Crippen LogP contribution in [0.5, 0.6) is 0 Å². The Morgan fingerprint density at radius 1 is 1.22 bits per heavy atom. The quantitative estimate of drug-likeness (QED) is 0.496. The number of hydrogen-bond donors (Lipinski definition) is 0. The number of nitrogens with zero attached hydrogens (tertiary/aromatic N) is 7. The van der Waals surface area contributed by atoms with Crippen LogP contribution in [0.3, 0.4) is 0 Å². The van der Waals surface area contributed by atoms with Gasteiger partial charge in [-0.05, 0) is 17.9 Å². The van der Waals surface area contributed by atoms with Crippen LogP contribution in [-0.2, 0) is 6.18 Å². The van der Waals surface area contributed by atoms with Gasteiger partial charge < -0.3 is 0 Å². The zero-order chi connectivity index (χ0) is 19.0. The van der Waals surface area contributed by atoms with Crippen LogP contribution in [0.2, 0.25) is 0 Å². The molecule has 7 nitrogen and oxygen atoms in total. The lowest BCUT2D eigenvalue weighted by atomic mass is 10.2. The van der Waals surface area contributed by atoms with Gasteiger partial charge in [0.05, 0.1) is 17.6 Å². The number of rotatable bonds is 4. The van der Waals surface area contributed by atoms with Gasteiger partial charge in [-0.1, -0.05) is 6.92 Å². The molecule has 0 bridgehead atoms. The van der Waals surface area contributed by atoms with Gasteiger partial charge in [0, 0.05) is 17.2 Å². The van der Waals surface area contributed by atoms with Crippen LogP contribution in [0.25, 0.3) is 22.7 Å². The van der Waals surface area contributed by atoms with E-state index in [1.807, 2.05) is 13.0 Å². The Kier molecular flexibility index (Phi) is 4.30. The molecule has 138 valence electrons. The molecular weight excluding hydrogens is 379 g/mol. The monoisotopic (exact) mass is 391 g/mol. The minimum absolute atomic E-state index is 0.106. The largest absolute Gasteiger partial charge is 0.435 e. The van der Waals surface area contributed by atoms with E-state index in [2.05, 4.69) is 25.1 Å². The average Bonchev–Trinajstić information content (AvgIpc) is 3.31.